The number of rotatable bonds is 7. The van der Waals surface area contributed by atoms with E-state index in [2.05, 4.69) is 55.5 Å². The molecule has 4 nitrogen and oxygen atoms in total. The van der Waals surface area contributed by atoms with E-state index in [1.165, 1.54) is 19.3 Å². The van der Waals surface area contributed by atoms with Gasteiger partial charge in [-0.3, -0.25) is 0 Å². The van der Waals surface area contributed by atoms with Gasteiger partial charge in [-0.05, 0) is 46.8 Å². The summed E-state index contributed by atoms with van der Waals surface area (Å²) in [6, 6.07) is 0.338. The second kappa shape index (κ2) is 6.41. The summed E-state index contributed by atoms with van der Waals surface area (Å²) in [5, 5.41) is 6.74. The van der Waals surface area contributed by atoms with Crippen molar-refractivity contribution >= 4 is 16.5 Å². The highest BCUT2D eigenvalue weighted by Gasteiger charge is 2.40. The van der Waals surface area contributed by atoms with Gasteiger partial charge in [-0.2, -0.15) is 0 Å². The van der Waals surface area contributed by atoms with Gasteiger partial charge < -0.3 is 15.1 Å². The Bertz CT molecular complexity index is 425. The van der Waals surface area contributed by atoms with Crippen LogP contribution in [0.4, 0.5) is 5.13 Å². The summed E-state index contributed by atoms with van der Waals surface area (Å²) < 4.78 is 0. The highest BCUT2D eigenvalue weighted by molar-refractivity contribution is 7.13. The van der Waals surface area contributed by atoms with Gasteiger partial charge in [0.25, 0.3) is 0 Å². The Kier molecular flexibility index (Phi) is 5.04. The van der Waals surface area contributed by atoms with Crippen molar-refractivity contribution in [2.75, 3.05) is 39.1 Å². The quantitative estimate of drug-likeness (QED) is 0.838. The molecule has 0 bridgehead atoms. The molecule has 1 aliphatic carbocycles. The number of hydrogen-bond donors (Lipinski definition) is 1. The Morgan fingerprint density at radius 3 is 2.60 bits per heavy atom. The molecule has 1 saturated carbocycles. The lowest BCUT2D eigenvalue weighted by Crippen LogP contribution is -2.56. The molecule has 2 rings (SSSR count). The number of likely N-dealkylation sites (N-methyl/N-ethyl adjacent to an activating group) is 2. The van der Waals surface area contributed by atoms with E-state index in [4.69, 9.17) is 4.98 Å². The van der Waals surface area contributed by atoms with Crippen molar-refractivity contribution in [2.24, 2.45) is 0 Å². The summed E-state index contributed by atoms with van der Waals surface area (Å²) in [5.41, 5.74) is 1.51. The predicted octanol–water partition coefficient (Wildman–Crippen LogP) is 2.73. The maximum Gasteiger partial charge on any atom is 0.185 e. The normalized spacial score (nSPS) is 18.9. The monoisotopic (exact) mass is 296 g/mol. The summed E-state index contributed by atoms with van der Waals surface area (Å²) >= 11 is 1.76. The SMILES string of the molecule is CCNC(C)c1csc(N(C)CC2(N(C)C)CCC2)n1. The minimum Gasteiger partial charge on any atom is -0.349 e. The molecule has 1 fully saturated rings. The molecule has 1 atom stereocenters. The zero-order valence-electron chi connectivity index (χ0n) is 13.4. The van der Waals surface area contributed by atoms with Crippen molar-refractivity contribution in [1.29, 1.82) is 0 Å². The summed E-state index contributed by atoms with van der Waals surface area (Å²) in [6.07, 6.45) is 3.96. The van der Waals surface area contributed by atoms with Crippen LogP contribution in [0.2, 0.25) is 0 Å². The van der Waals surface area contributed by atoms with Gasteiger partial charge in [0.2, 0.25) is 0 Å². The van der Waals surface area contributed by atoms with Gasteiger partial charge in [0.15, 0.2) is 5.13 Å². The Hall–Kier alpha value is -0.650. The average molecular weight is 296 g/mol. The largest absolute Gasteiger partial charge is 0.349 e. The predicted molar refractivity (Wildman–Crippen MR) is 87.7 cm³/mol. The maximum absolute atomic E-state index is 4.79. The van der Waals surface area contributed by atoms with Crippen LogP contribution < -0.4 is 10.2 Å². The fraction of sp³-hybridized carbons (Fsp3) is 0.800. The van der Waals surface area contributed by atoms with Crippen LogP contribution in [0.1, 0.15) is 44.8 Å². The van der Waals surface area contributed by atoms with Crippen LogP contribution in [-0.4, -0.2) is 49.7 Å². The molecule has 0 aliphatic heterocycles. The first kappa shape index (κ1) is 15.7. The summed E-state index contributed by atoms with van der Waals surface area (Å²) in [7, 11) is 6.57. The lowest BCUT2D eigenvalue weighted by molar-refractivity contribution is 0.0683. The maximum atomic E-state index is 4.79. The smallest absolute Gasteiger partial charge is 0.185 e. The molecule has 0 saturated heterocycles. The first-order valence-electron chi connectivity index (χ1n) is 7.56. The number of nitrogens with zero attached hydrogens (tertiary/aromatic N) is 3. The minimum atomic E-state index is 0.338. The lowest BCUT2D eigenvalue weighted by Gasteiger charge is -2.49. The zero-order chi connectivity index (χ0) is 14.8. The topological polar surface area (TPSA) is 31.4 Å². The number of aromatic nitrogens is 1. The average Bonchev–Trinajstić information content (AvgIpc) is 2.83. The molecule has 114 valence electrons. The minimum absolute atomic E-state index is 0.338. The third kappa shape index (κ3) is 3.15. The molecule has 0 radical (unpaired) electrons. The molecular weight excluding hydrogens is 268 g/mol. The number of thiazole rings is 1. The molecule has 0 spiro atoms. The van der Waals surface area contributed by atoms with Crippen LogP contribution in [0.3, 0.4) is 0 Å². The first-order chi connectivity index (χ1) is 9.48. The van der Waals surface area contributed by atoms with E-state index in [-0.39, 0.29) is 0 Å². The van der Waals surface area contributed by atoms with Crippen molar-refractivity contribution in [3.05, 3.63) is 11.1 Å². The molecule has 1 aromatic heterocycles. The van der Waals surface area contributed by atoms with E-state index in [1.807, 2.05) is 0 Å². The lowest BCUT2D eigenvalue weighted by atomic mass is 9.75. The molecular formula is C15H28N4S. The molecule has 20 heavy (non-hydrogen) atoms. The van der Waals surface area contributed by atoms with Crippen molar-refractivity contribution in [1.82, 2.24) is 15.2 Å². The van der Waals surface area contributed by atoms with E-state index in [0.717, 1.165) is 23.9 Å². The third-order valence-electron chi connectivity index (χ3n) is 4.55. The van der Waals surface area contributed by atoms with Gasteiger partial charge in [0.05, 0.1) is 5.69 Å². The summed E-state index contributed by atoms with van der Waals surface area (Å²) in [4.78, 5) is 9.51. The van der Waals surface area contributed by atoms with Gasteiger partial charge in [-0.25, -0.2) is 4.98 Å². The van der Waals surface area contributed by atoms with Gasteiger partial charge >= 0.3 is 0 Å². The van der Waals surface area contributed by atoms with E-state index in [0.29, 0.717) is 11.6 Å². The molecule has 1 aromatic rings. The Labute approximate surface area is 127 Å². The van der Waals surface area contributed by atoms with E-state index in [1.54, 1.807) is 11.3 Å². The second-order valence-electron chi connectivity index (χ2n) is 6.16. The van der Waals surface area contributed by atoms with Crippen LogP contribution >= 0.6 is 11.3 Å². The Morgan fingerprint density at radius 1 is 1.40 bits per heavy atom. The Morgan fingerprint density at radius 2 is 2.10 bits per heavy atom. The number of hydrogen-bond acceptors (Lipinski definition) is 5. The van der Waals surface area contributed by atoms with Crippen LogP contribution in [0.5, 0.6) is 0 Å². The molecule has 5 heteroatoms. The van der Waals surface area contributed by atoms with E-state index < -0.39 is 0 Å². The molecule has 1 unspecified atom stereocenters. The standard InChI is InChI=1S/C15H28N4S/c1-6-16-12(2)13-10-20-14(17-13)19(5)11-15(18(3)4)8-7-9-15/h10,12,16H,6-9,11H2,1-5H3. The van der Waals surface area contributed by atoms with Crippen LogP contribution in [0.25, 0.3) is 0 Å². The highest BCUT2D eigenvalue weighted by Crippen LogP contribution is 2.38. The summed E-state index contributed by atoms with van der Waals surface area (Å²) in [6.45, 7) is 6.36. The highest BCUT2D eigenvalue weighted by atomic mass is 32.1. The molecule has 0 aromatic carbocycles. The Balaban J connectivity index is 2.01. The molecule has 1 N–H and O–H groups in total. The van der Waals surface area contributed by atoms with Crippen molar-refractivity contribution < 1.29 is 0 Å². The van der Waals surface area contributed by atoms with Crippen molar-refractivity contribution in [2.45, 2.75) is 44.7 Å². The van der Waals surface area contributed by atoms with Crippen molar-refractivity contribution in [3.63, 3.8) is 0 Å². The zero-order valence-corrected chi connectivity index (χ0v) is 14.3. The van der Waals surface area contributed by atoms with Crippen molar-refractivity contribution in [3.8, 4) is 0 Å². The molecule has 1 heterocycles. The van der Waals surface area contributed by atoms with Crippen LogP contribution in [0, 0.1) is 0 Å². The third-order valence-corrected chi connectivity index (χ3v) is 5.53. The summed E-state index contributed by atoms with van der Waals surface area (Å²) in [5.74, 6) is 0. The van der Waals surface area contributed by atoms with Gasteiger partial charge in [0, 0.05) is 30.6 Å². The second-order valence-corrected chi connectivity index (χ2v) is 7.00. The van der Waals surface area contributed by atoms with E-state index in [9.17, 15) is 0 Å². The fourth-order valence-corrected chi connectivity index (χ4v) is 3.79. The molecule has 1 aliphatic rings. The number of nitrogens with one attached hydrogen (secondary N) is 1. The number of anilines is 1. The van der Waals surface area contributed by atoms with Gasteiger partial charge in [-0.1, -0.05) is 6.92 Å². The first-order valence-corrected chi connectivity index (χ1v) is 8.44. The van der Waals surface area contributed by atoms with Gasteiger partial charge in [0.1, 0.15) is 0 Å². The van der Waals surface area contributed by atoms with Crippen LogP contribution in [-0.2, 0) is 0 Å². The molecule has 0 amide bonds. The fourth-order valence-electron chi connectivity index (χ4n) is 2.90. The van der Waals surface area contributed by atoms with E-state index >= 15 is 0 Å². The van der Waals surface area contributed by atoms with Gasteiger partial charge in [-0.15, -0.1) is 11.3 Å². The van der Waals surface area contributed by atoms with Crippen LogP contribution in [0.15, 0.2) is 5.38 Å².